The summed E-state index contributed by atoms with van der Waals surface area (Å²) in [6.07, 6.45) is 1.04. The Hall–Kier alpha value is -2.04. The van der Waals surface area contributed by atoms with Crippen LogP contribution in [0.25, 0.3) is 0 Å². The minimum atomic E-state index is -2.79. The number of rotatable bonds is 11. The molecule has 0 spiro atoms. The van der Waals surface area contributed by atoms with Crippen molar-refractivity contribution in [2.75, 3.05) is 12.3 Å². The molecule has 5 N–H and O–H groups in total. The summed E-state index contributed by atoms with van der Waals surface area (Å²) in [7, 11) is -2.79. The normalized spacial score (nSPS) is 20.0. The van der Waals surface area contributed by atoms with Crippen molar-refractivity contribution in [2.24, 2.45) is 0 Å². The number of benzene rings is 2. The molecule has 0 bridgehead atoms. The maximum absolute atomic E-state index is 13.7. The minimum Gasteiger partial charge on any atom is -0.390 e. The van der Waals surface area contributed by atoms with Crippen LogP contribution in [0.5, 0.6) is 0 Å². The lowest BCUT2D eigenvalue weighted by atomic mass is 10.00. The minimum absolute atomic E-state index is 0.0233. The number of carbonyl (C=O) groups is 1. The molecule has 9 heteroatoms. The molecule has 1 aliphatic rings. The van der Waals surface area contributed by atoms with Gasteiger partial charge in [0.05, 0.1) is 17.4 Å². The molecular formula is C25H34F2N2O4S. The molecule has 0 radical (unpaired) electrons. The molecular weight excluding hydrogens is 462 g/mol. The second kappa shape index (κ2) is 12.1. The lowest BCUT2D eigenvalue weighted by molar-refractivity contribution is -0.122. The van der Waals surface area contributed by atoms with Crippen molar-refractivity contribution in [2.45, 2.75) is 63.0 Å². The number of carbonyl (C=O) groups excluding carboxylic acids is 1. The quantitative estimate of drug-likeness (QED) is 0.324. The number of halogens is 2. The van der Waals surface area contributed by atoms with E-state index < -0.39 is 45.5 Å². The van der Waals surface area contributed by atoms with Crippen molar-refractivity contribution in [1.29, 1.82) is 0 Å². The van der Waals surface area contributed by atoms with Crippen molar-refractivity contribution < 1.29 is 27.8 Å². The third kappa shape index (κ3) is 7.74. The van der Waals surface area contributed by atoms with E-state index >= 15 is 0 Å². The molecule has 188 valence electrons. The van der Waals surface area contributed by atoms with E-state index in [4.69, 9.17) is 0 Å². The Morgan fingerprint density at radius 2 is 1.82 bits per heavy atom. The van der Waals surface area contributed by atoms with Crippen LogP contribution in [0.3, 0.4) is 0 Å². The highest BCUT2D eigenvalue weighted by Gasteiger charge is 2.34. The third-order valence-electron chi connectivity index (χ3n) is 6.19. The maximum Gasteiger partial charge on any atom is 0.222 e. The molecule has 1 unspecified atom stereocenters. The van der Waals surface area contributed by atoms with E-state index in [1.54, 1.807) is 0 Å². The smallest absolute Gasteiger partial charge is 0.222 e. The van der Waals surface area contributed by atoms with E-state index in [0.29, 0.717) is 30.7 Å². The topological polar surface area (TPSA) is 102 Å². The zero-order valence-electron chi connectivity index (χ0n) is 19.3. The van der Waals surface area contributed by atoms with Crippen LogP contribution < -0.4 is 10.6 Å². The second-order valence-electron chi connectivity index (χ2n) is 8.92. The summed E-state index contributed by atoms with van der Waals surface area (Å²) in [5.41, 5.74) is 2.57. The number of hydrogen-bond donors (Lipinski definition) is 5. The van der Waals surface area contributed by atoms with Gasteiger partial charge in [-0.2, -0.15) is 10.6 Å². The first-order chi connectivity index (χ1) is 16.2. The molecule has 0 aromatic heterocycles. The monoisotopic (exact) mass is 496 g/mol. The average molecular weight is 497 g/mol. The average Bonchev–Trinajstić information content (AvgIpc) is 3.10. The first kappa shape index (κ1) is 26.6. The molecule has 0 saturated carbocycles. The van der Waals surface area contributed by atoms with Crippen LogP contribution in [0.1, 0.15) is 42.9 Å². The highest BCUT2D eigenvalue weighted by Crippen LogP contribution is 2.53. The molecule has 1 fully saturated rings. The largest absolute Gasteiger partial charge is 0.390 e. The van der Waals surface area contributed by atoms with Crippen LogP contribution in [-0.4, -0.2) is 49.8 Å². The Balaban J connectivity index is 1.64. The van der Waals surface area contributed by atoms with Gasteiger partial charge in [0.25, 0.3) is 0 Å². The van der Waals surface area contributed by atoms with Crippen LogP contribution in [0.15, 0.2) is 42.5 Å². The summed E-state index contributed by atoms with van der Waals surface area (Å²) in [6.45, 7) is 2.74. The van der Waals surface area contributed by atoms with Crippen LogP contribution in [0.4, 0.5) is 8.78 Å². The zero-order valence-corrected chi connectivity index (χ0v) is 20.2. The lowest BCUT2D eigenvalue weighted by Crippen LogP contribution is -2.49. The van der Waals surface area contributed by atoms with E-state index in [-0.39, 0.29) is 19.4 Å². The first-order valence-corrected chi connectivity index (χ1v) is 13.4. The summed E-state index contributed by atoms with van der Waals surface area (Å²) in [5, 5.41) is 16.3. The molecule has 1 heterocycles. The van der Waals surface area contributed by atoms with Gasteiger partial charge >= 0.3 is 0 Å². The van der Waals surface area contributed by atoms with Gasteiger partial charge in [-0.3, -0.25) is 13.9 Å². The number of hydrogen-bond acceptors (Lipinski definition) is 5. The van der Waals surface area contributed by atoms with Gasteiger partial charge in [-0.15, -0.1) is 0 Å². The van der Waals surface area contributed by atoms with E-state index in [1.165, 1.54) is 17.7 Å². The van der Waals surface area contributed by atoms with Gasteiger partial charge < -0.3 is 15.7 Å². The summed E-state index contributed by atoms with van der Waals surface area (Å²) in [6, 6.07) is 10.4. The fourth-order valence-corrected chi connectivity index (χ4v) is 6.21. The number of aryl methyl sites for hydroxylation is 1. The number of nitrogens with one attached hydrogen (secondary N) is 2. The number of aliphatic hydroxyl groups is 1. The van der Waals surface area contributed by atoms with Gasteiger partial charge in [0.1, 0.15) is 11.6 Å². The molecule has 3 rings (SSSR count). The zero-order chi connectivity index (χ0) is 24.7. The molecule has 2 aromatic rings. The van der Waals surface area contributed by atoms with Crippen LogP contribution in [0, 0.1) is 11.6 Å². The van der Waals surface area contributed by atoms with Gasteiger partial charge in [-0.05, 0) is 54.5 Å². The van der Waals surface area contributed by atoms with Crippen molar-refractivity contribution >= 4 is 16.5 Å². The van der Waals surface area contributed by atoms with Gasteiger partial charge in [0.15, 0.2) is 0 Å². The molecule has 34 heavy (non-hydrogen) atoms. The van der Waals surface area contributed by atoms with Crippen molar-refractivity contribution in [3.63, 3.8) is 0 Å². The Bertz CT molecular complexity index is 955. The molecule has 1 saturated heterocycles. The predicted molar refractivity (Wildman–Crippen MR) is 131 cm³/mol. The predicted octanol–water partition coefficient (Wildman–Crippen LogP) is 4.01. The Morgan fingerprint density at radius 3 is 2.47 bits per heavy atom. The fraction of sp³-hybridized carbons (Fsp3) is 0.480. The molecule has 1 aliphatic heterocycles. The van der Waals surface area contributed by atoms with Crippen molar-refractivity contribution in [1.82, 2.24) is 10.6 Å². The van der Waals surface area contributed by atoms with E-state index in [2.05, 4.69) is 23.6 Å². The molecule has 3 atom stereocenters. The van der Waals surface area contributed by atoms with Crippen molar-refractivity contribution in [3.05, 3.63) is 70.8 Å². The van der Waals surface area contributed by atoms with Crippen LogP contribution >= 0.6 is 10.6 Å². The molecule has 0 aliphatic carbocycles. The first-order valence-electron chi connectivity index (χ1n) is 11.6. The van der Waals surface area contributed by atoms with Gasteiger partial charge in [-0.1, -0.05) is 31.2 Å². The highest BCUT2D eigenvalue weighted by atomic mass is 32.3. The standard InChI is InChI=1S/C25H34F2N2O4S/c1-2-17-5-3-6-18(9-17)15-28-16-24(30)23(12-19-10-20(26)13-21(27)11-19)29-25(31)14-22-7-4-8-34(22,32)33/h3,5-6,9-11,13,22-24,28,30,32-33H,2,4,7-8,12,14-16H2,1H3,(H,29,31)/t22?,23-,24+/m0/s1. The number of amides is 1. The Kier molecular flexibility index (Phi) is 9.44. The Morgan fingerprint density at radius 1 is 1.12 bits per heavy atom. The Labute approximate surface area is 201 Å². The summed E-state index contributed by atoms with van der Waals surface area (Å²) in [4.78, 5) is 12.7. The second-order valence-corrected chi connectivity index (χ2v) is 11.4. The summed E-state index contributed by atoms with van der Waals surface area (Å²) in [5.74, 6) is -1.60. The van der Waals surface area contributed by atoms with E-state index in [9.17, 15) is 27.8 Å². The molecule has 1 amide bonds. The molecule has 6 nitrogen and oxygen atoms in total. The van der Waals surface area contributed by atoms with Gasteiger partial charge in [0.2, 0.25) is 5.91 Å². The van der Waals surface area contributed by atoms with E-state index in [1.807, 2.05) is 18.2 Å². The summed E-state index contributed by atoms with van der Waals surface area (Å²) < 4.78 is 47.6. The van der Waals surface area contributed by atoms with Crippen LogP contribution in [-0.2, 0) is 24.2 Å². The molecule has 2 aromatic carbocycles. The van der Waals surface area contributed by atoms with Crippen molar-refractivity contribution in [3.8, 4) is 0 Å². The highest BCUT2D eigenvalue weighted by molar-refractivity contribution is 8.25. The van der Waals surface area contributed by atoms with E-state index in [0.717, 1.165) is 18.1 Å². The van der Waals surface area contributed by atoms with Gasteiger partial charge in [0, 0.05) is 31.3 Å². The fourth-order valence-electron chi connectivity index (χ4n) is 4.32. The number of aliphatic hydroxyl groups excluding tert-OH is 1. The summed E-state index contributed by atoms with van der Waals surface area (Å²) >= 11 is 0. The SMILES string of the molecule is CCc1cccc(CNC[C@@H](O)[C@H](Cc2cc(F)cc(F)c2)NC(=O)CC2CCCS2(O)O)c1. The maximum atomic E-state index is 13.7. The lowest BCUT2D eigenvalue weighted by Gasteiger charge is -2.34. The van der Waals surface area contributed by atoms with Gasteiger partial charge in [-0.25, -0.2) is 8.78 Å². The third-order valence-corrected chi connectivity index (χ3v) is 8.55. The van der Waals surface area contributed by atoms with Crippen LogP contribution in [0.2, 0.25) is 0 Å².